The van der Waals surface area contributed by atoms with Crippen LogP contribution in [0.2, 0.25) is 0 Å². The van der Waals surface area contributed by atoms with Gasteiger partial charge in [-0.2, -0.15) is 0 Å². The highest BCUT2D eigenvalue weighted by Gasteiger charge is 2.02. The Morgan fingerprint density at radius 2 is 2.30 bits per heavy atom. The normalized spacial score (nSPS) is 9.80. The molecule has 10 heavy (non-hydrogen) atoms. The van der Waals surface area contributed by atoms with Crippen LogP contribution in [0.4, 0.5) is 0 Å². The molecule has 52 valence electrons. The van der Waals surface area contributed by atoms with E-state index in [9.17, 15) is 0 Å². The van der Waals surface area contributed by atoms with Crippen LogP contribution in [0.25, 0.3) is 5.57 Å². The molecule has 0 aromatic carbocycles. The first-order valence-electron chi connectivity index (χ1n) is 3.33. The lowest BCUT2D eigenvalue weighted by atomic mass is 9.91. The van der Waals surface area contributed by atoms with Gasteiger partial charge < -0.3 is 0 Å². The summed E-state index contributed by atoms with van der Waals surface area (Å²) in [7, 11) is 2.15. The summed E-state index contributed by atoms with van der Waals surface area (Å²) in [4.78, 5) is 1.34. The van der Waals surface area contributed by atoms with Crippen molar-refractivity contribution < 1.29 is 0 Å². The van der Waals surface area contributed by atoms with Gasteiger partial charge in [0.25, 0.3) is 0 Å². The van der Waals surface area contributed by atoms with Gasteiger partial charge in [0.1, 0.15) is 7.85 Å². The zero-order chi connectivity index (χ0) is 7.72. The summed E-state index contributed by atoms with van der Waals surface area (Å²) < 4.78 is 0. The summed E-state index contributed by atoms with van der Waals surface area (Å²) in [5.41, 5.74) is 3.94. The van der Waals surface area contributed by atoms with E-state index in [4.69, 9.17) is 0 Å². The summed E-state index contributed by atoms with van der Waals surface area (Å²) in [5.74, 6) is 0. The Labute approximate surface area is 67.0 Å². The Bertz CT molecular complexity index is 260. The van der Waals surface area contributed by atoms with Crippen LogP contribution in [0.3, 0.4) is 0 Å². The van der Waals surface area contributed by atoms with Crippen LogP contribution >= 0.6 is 11.3 Å². The molecule has 0 radical (unpaired) electrons. The van der Waals surface area contributed by atoms with E-state index in [0.717, 1.165) is 0 Å². The van der Waals surface area contributed by atoms with Crippen LogP contribution in [-0.4, -0.2) is 7.85 Å². The van der Waals surface area contributed by atoms with Crippen molar-refractivity contribution in [3.05, 3.63) is 22.4 Å². The van der Waals surface area contributed by atoms with Crippen molar-refractivity contribution in [3.8, 4) is 0 Å². The molecule has 0 amide bonds. The SMILES string of the molecule is Bc1c(C)csc1C(=C)C. The number of hydrogen-bond donors (Lipinski definition) is 0. The Morgan fingerprint density at radius 3 is 2.50 bits per heavy atom. The van der Waals surface area contributed by atoms with Gasteiger partial charge in [-0.25, -0.2) is 0 Å². The monoisotopic (exact) mass is 150 g/mol. The van der Waals surface area contributed by atoms with Gasteiger partial charge in [-0.3, -0.25) is 0 Å². The first-order valence-corrected chi connectivity index (χ1v) is 4.21. The van der Waals surface area contributed by atoms with Gasteiger partial charge in [-0.1, -0.05) is 12.0 Å². The minimum Gasteiger partial charge on any atom is -0.145 e. The topological polar surface area (TPSA) is 0 Å². The molecule has 0 N–H and O–H groups in total. The maximum absolute atomic E-state index is 3.91. The average Bonchev–Trinajstić information content (AvgIpc) is 2.14. The van der Waals surface area contributed by atoms with Crippen molar-refractivity contribution in [3.63, 3.8) is 0 Å². The number of hydrogen-bond acceptors (Lipinski definition) is 1. The Balaban J connectivity index is 3.17. The molecule has 0 spiro atoms. The van der Waals surface area contributed by atoms with Crippen LogP contribution in [0.1, 0.15) is 17.4 Å². The number of rotatable bonds is 1. The lowest BCUT2D eigenvalue weighted by molar-refractivity contribution is 1.59. The minimum atomic E-state index is 1.18. The largest absolute Gasteiger partial charge is 0.145 e. The molecule has 0 fully saturated rings. The van der Waals surface area contributed by atoms with Crippen LogP contribution in [0.5, 0.6) is 0 Å². The molecular formula is C8H11BS. The van der Waals surface area contributed by atoms with Crippen molar-refractivity contribution in [2.24, 2.45) is 0 Å². The predicted molar refractivity (Wildman–Crippen MR) is 51.9 cm³/mol. The van der Waals surface area contributed by atoms with E-state index < -0.39 is 0 Å². The fraction of sp³-hybridized carbons (Fsp3) is 0.250. The average molecular weight is 150 g/mol. The van der Waals surface area contributed by atoms with Gasteiger partial charge in [0.2, 0.25) is 0 Å². The van der Waals surface area contributed by atoms with Gasteiger partial charge in [-0.15, -0.1) is 11.3 Å². The molecule has 2 heteroatoms. The van der Waals surface area contributed by atoms with E-state index >= 15 is 0 Å². The number of aryl methyl sites for hydroxylation is 1. The maximum atomic E-state index is 3.91. The molecule has 0 saturated carbocycles. The smallest absolute Gasteiger partial charge is 0.141 e. The highest BCUT2D eigenvalue weighted by Crippen LogP contribution is 2.17. The fourth-order valence-electron chi connectivity index (χ4n) is 0.924. The summed E-state index contributed by atoms with van der Waals surface area (Å²) in [6.45, 7) is 8.10. The van der Waals surface area contributed by atoms with E-state index in [2.05, 4.69) is 33.7 Å². The Morgan fingerprint density at radius 1 is 1.70 bits per heavy atom. The van der Waals surface area contributed by atoms with Crippen LogP contribution in [0.15, 0.2) is 12.0 Å². The third-order valence-corrected chi connectivity index (χ3v) is 3.04. The van der Waals surface area contributed by atoms with Crippen LogP contribution in [-0.2, 0) is 0 Å². The third-order valence-electron chi connectivity index (χ3n) is 1.67. The lowest BCUT2D eigenvalue weighted by Gasteiger charge is -1.95. The first-order chi connectivity index (χ1) is 4.63. The maximum Gasteiger partial charge on any atom is 0.141 e. The molecule has 0 aliphatic heterocycles. The van der Waals surface area contributed by atoms with Crippen molar-refractivity contribution in [1.82, 2.24) is 0 Å². The van der Waals surface area contributed by atoms with E-state index in [0.29, 0.717) is 0 Å². The quantitative estimate of drug-likeness (QED) is 0.530. The Kier molecular flexibility index (Phi) is 2.00. The molecule has 0 unspecified atom stereocenters. The van der Waals surface area contributed by atoms with Crippen LogP contribution in [0, 0.1) is 6.92 Å². The molecule has 0 saturated heterocycles. The highest BCUT2D eigenvalue weighted by molar-refractivity contribution is 7.12. The van der Waals surface area contributed by atoms with Crippen molar-refractivity contribution in [2.75, 3.05) is 0 Å². The highest BCUT2D eigenvalue weighted by atomic mass is 32.1. The van der Waals surface area contributed by atoms with Gasteiger partial charge >= 0.3 is 0 Å². The third kappa shape index (κ3) is 1.17. The summed E-state index contributed by atoms with van der Waals surface area (Å²) in [6.07, 6.45) is 0. The number of thiophene rings is 1. The predicted octanol–water partition coefficient (Wildman–Crippen LogP) is 1.35. The molecule has 1 heterocycles. The lowest BCUT2D eigenvalue weighted by Crippen LogP contribution is -2.06. The van der Waals surface area contributed by atoms with Gasteiger partial charge in [0.05, 0.1) is 0 Å². The molecule has 1 rings (SSSR count). The van der Waals surface area contributed by atoms with E-state index in [1.54, 1.807) is 11.3 Å². The fourth-order valence-corrected chi connectivity index (χ4v) is 1.93. The van der Waals surface area contributed by atoms with Crippen molar-refractivity contribution in [1.29, 1.82) is 0 Å². The summed E-state index contributed by atoms with van der Waals surface area (Å²) in [6, 6.07) is 0. The molecule has 0 nitrogen and oxygen atoms in total. The van der Waals surface area contributed by atoms with Crippen LogP contribution < -0.4 is 5.46 Å². The zero-order valence-corrected chi connectivity index (χ0v) is 7.51. The van der Waals surface area contributed by atoms with E-state index in [-0.39, 0.29) is 0 Å². The van der Waals surface area contributed by atoms with Gasteiger partial charge in [0, 0.05) is 4.88 Å². The van der Waals surface area contributed by atoms with Crippen molar-refractivity contribution >= 4 is 30.2 Å². The van der Waals surface area contributed by atoms with E-state index in [1.165, 1.54) is 21.5 Å². The van der Waals surface area contributed by atoms with Gasteiger partial charge in [-0.05, 0) is 30.4 Å². The number of allylic oxidation sites excluding steroid dienone is 1. The molecule has 0 bridgehead atoms. The standard InChI is InChI=1S/C8H11BS/c1-5(2)8-7(9)6(3)4-10-8/h4H,1,9H2,2-3H3. The van der Waals surface area contributed by atoms with Gasteiger partial charge in [0.15, 0.2) is 0 Å². The molecule has 1 aromatic heterocycles. The zero-order valence-electron chi connectivity index (χ0n) is 6.69. The Hall–Kier alpha value is -0.495. The molecule has 1 aromatic rings. The first kappa shape index (κ1) is 7.61. The van der Waals surface area contributed by atoms with E-state index in [1.807, 2.05) is 0 Å². The van der Waals surface area contributed by atoms with Crippen molar-refractivity contribution in [2.45, 2.75) is 13.8 Å². The molecule has 0 atom stereocenters. The summed E-state index contributed by atoms with van der Waals surface area (Å²) >= 11 is 1.78. The minimum absolute atomic E-state index is 1.18. The summed E-state index contributed by atoms with van der Waals surface area (Å²) in [5, 5.41) is 2.18. The molecule has 0 aliphatic carbocycles. The second kappa shape index (κ2) is 2.63. The molecule has 0 aliphatic rings. The molecular weight excluding hydrogens is 139 g/mol. The second-order valence-corrected chi connectivity index (χ2v) is 3.53. The second-order valence-electron chi connectivity index (χ2n) is 2.65.